The molecule has 0 atom stereocenters. The average molecular weight is 394 g/mol. The number of rotatable bonds is 6. The van der Waals surface area contributed by atoms with E-state index in [9.17, 15) is 18.0 Å². The lowest BCUT2D eigenvalue weighted by atomic mass is 9.97. The largest absolute Gasteiger partial charge is 0.354 e. The summed E-state index contributed by atoms with van der Waals surface area (Å²) in [6.45, 7) is 1.22. The summed E-state index contributed by atoms with van der Waals surface area (Å²) >= 11 is 0. The van der Waals surface area contributed by atoms with Gasteiger partial charge in [0.15, 0.2) is 5.82 Å². The van der Waals surface area contributed by atoms with E-state index in [1.54, 1.807) is 29.4 Å². The predicted octanol–water partition coefficient (Wildman–Crippen LogP) is -0.783. The number of hydrogen-bond acceptors (Lipinski definition) is 6. The van der Waals surface area contributed by atoms with Crippen LogP contribution in [0.5, 0.6) is 0 Å². The van der Waals surface area contributed by atoms with Gasteiger partial charge in [-0.1, -0.05) is 0 Å². The molecule has 0 bridgehead atoms. The van der Waals surface area contributed by atoms with Gasteiger partial charge < -0.3 is 5.32 Å². The van der Waals surface area contributed by atoms with E-state index in [1.807, 2.05) is 0 Å². The van der Waals surface area contributed by atoms with Gasteiger partial charge in [0.1, 0.15) is 6.33 Å². The molecule has 2 aromatic rings. The lowest BCUT2D eigenvalue weighted by molar-refractivity contribution is -0.126. The summed E-state index contributed by atoms with van der Waals surface area (Å²) in [7, 11) is -3.21. The Bertz CT molecular complexity index is 946. The molecule has 2 aromatic heterocycles. The van der Waals surface area contributed by atoms with Crippen LogP contribution in [-0.2, 0) is 21.4 Å². The summed E-state index contributed by atoms with van der Waals surface area (Å²) < 4.78 is 27.4. The fourth-order valence-corrected chi connectivity index (χ4v) is 3.88. The van der Waals surface area contributed by atoms with Crippen LogP contribution in [-0.4, -0.2) is 63.9 Å². The number of nitrogens with zero attached hydrogens (tertiary/aromatic N) is 5. The van der Waals surface area contributed by atoms with Gasteiger partial charge in [0.2, 0.25) is 15.9 Å². The number of carbonyl (C=O) groups is 1. The molecule has 0 aliphatic carbocycles. The van der Waals surface area contributed by atoms with Crippen LogP contribution in [0.15, 0.2) is 35.6 Å². The fraction of sp³-hybridized carbons (Fsp3) is 0.500. The Labute approximate surface area is 156 Å². The molecular weight excluding hydrogens is 372 g/mol. The van der Waals surface area contributed by atoms with E-state index in [-0.39, 0.29) is 30.5 Å². The first kappa shape index (κ1) is 19.2. The van der Waals surface area contributed by atoms with Crippen LogP contribution in [0.1, 0.15) is 12.8 Å². The van der Waals surface area contributed by atoms with E-state index < -0.39 is 10.0 Å². The van der Waals surface area contributed by atoms with E-state index in [1.165, 1.54) is 21.3 Å². The highest BCUT2D eigenvalue weighted by Gasteiger charge is 2.28. The number of amides is 1. The topological polar surface area (TPSA) is 119 Å². The zero-order chi connectivity index (χ0) is 19.4. The van der Waals surface area contributed by atoms with Crippen LogP contribution < -0.4 is 10.9 Å². The molecular formula is C16H22N6O4S. The summed E-state index contributed by atoms with van der Waals surface area (Å²) in [6, 6.07) is 3.03. The van der Waals surface area contributed by atoms with Gasteiger partial charge in [-0.15, -0.1) is 0 Å². The fourth-order valence-electron chi connectivity index (χ4n) is 3.01. The van der Waals surface area contributed by atoms with Crippen LogP contribution in [0.2, 0.25) is 0 Å². The van der Waals surface area contributed by atoms with Crippen LogP contribution in [0.3, 0.4) is 0 Å². The van der Waals surface area contributed by atoms with Crippen molar-refractivity contribution in [3.8, 4) is 5.82 Å². The molecule has 1 N–H and O–H groups in total. The Morgan fingerprint density at radius 1 is 1.30 bits per heavy atom. The first-order valence-electron chi connectivity index (χ1n) is 8.64. The summed E-state index contributed by atoms with van der Waals surface area (Å²) in [6.07, 6.45) is 7.09. The maximum absolute atomic E-state index is 12.3. The van der Waals surface area contributed by atoms with Crippen molar-refractivity contribution in [1.29, 1.82) is 0 Å². The molecule has 0 spiro atoms. The minimum absolute atomic E-state index is 0.123. The van der Waals surface area contributed by atoms with Crippen molar-refractivity contribution in [2.75, 3.05) is 25.9 Å². The van der Waals surface area contributed by atoms with Crippen LogP contribution in [0, 0.1) is 5.92 Å². The minimum Gasteiger partial charge on any atom is -0.354 e. The monoisotopic (exact) mass is 394 g/mol. The number of nitrogens with one attached hydrogen (secondary N) is 1. The van der Waals surface area contributed by atoms with Crippen molar-refractivity contribution in [3.05, 3.63) is 41.2 Å². The molecule has 1 saturated heterocycles. The Morgan fingerprint density at radius 3 is 2.67 bits per heavy atom. The molecule has 0 aromatic carbocycles. The van der Waals surface area contributed by atoms with Gasteiger partial charge in [0, 0.05) is 44.0 Å². The van der Waals surface area contributed by atoms with Crippen LogP contribution in [0.25, 0.3) is 5.82 Å². The normalized spacial score (nSPS) is 16.3. The molecule has 0 unspecified atom stereocenters. The molecule has 1 fully saturated rings. The lowest BCUT2D eigenvalue weighted by Gasteiger charge is -2.29. The smallest absolute Gasteiger partial charge is 0.266 e. The standard InChI is InChI=1S/C16H22N6O4S/c1-27(25,26)21-8-4-13(5-9-21)16(24)18-7-11-22-15(23)3-2-14(19-22)20-10-6-17-12-20/h2-3,6,10,12-13H,4-5,7-9,11H2,1H3,(H,18,24). The Balaban J connectivity index is 1.52. The average Bonchev–Trinajstić information content (AvgIpc) is 3.17. The molecule has 3 rings (SSSR count). The van der Waals surface area contributed by atoms with E-state index in [0.29, 0.717) is 31.7 Å². The number of aromatic nitrogens is 4. The maximum atomic E-state index is 12.3. The van der Waals surface area contributed by atoms with E-state index in [2.05, 4.69) is 15.4 Å². The van der Waals surface area contributed by atoms with Gasteiger partial charge in [-0.2, -0.15) is 5.10 Å². The zero-order valence-corrected chi connectivity index (χ0v) is 15.8. The molecule has 1 aliphatic rings. The summed E-state index contributed by atoms with van der Waals surface area (Å²) in [5.41, 5.74) is -0.255. The van der Waals surface area contributed by atoms with Crippen molar-refractivity contribution < 1.29 is 13.2 Å². The van der Waals surface area contributed by atoms with Gasteiger partial charge >= 0.3 is 0 Å². The molecule has 10 nitrogen and oxygen atoms in total. The Kier molecular flexibility index (Phi) is 5.71. The van der Waals surface area contributed by atoms with Crippen molar-refractivity contribution in [1.82, 2.24) is 29.0 Å². The highest BCUT2D eigenvalue weighted by molar-refractivity contribution is 7.88. The van der Waals surface area contributed by atoms with Gasteiger partial charge in [0.25, 0.3) is 5.56 Å². The zero-order valence-electron chi connectivity index (χ0n) is 15.0. The molecule has 1 aliphatic heterocycles. The highest BCUT2D eigenvalue weighted by atomic mass is 32.2. The first-order chi connectivity index (χ1) is 12.8. The van der Waals surface area contributed by atoms with Crippen molar-refractivity contribution in [2.24, 2.45) is 5.92 Å². The molecule has 11 heteroatoms. The molecule has 3 heterocycles. The van der Waals surface area contributed by atoms with Gasteiger partial charge in [0.05, 0.1) is 12.8 Å². The SMILES string of the molecule is CS(=O)(=O)N1CCC(C(=O)NCCn2nc(-n3ccnc3)ccc2=O)CC1. The minimum atomic E-state index is -3.21. The Morgan fingerprint density at radius 2 is 2.04 bits per heavy atom. The number of sulfonamides is 1. The molecule has 27 heavy (non-hydrogen) atoms. The second-order valence-corrected chi connectivity index (χ2v) is 8.43. The number of piperidine rings is 1. The van der Waals surface area contributed by atoms with Crippen molar-refractivity contribution >= 4 is 15.9 Å². The predicted molar refractivity (Wildman–Crippen MR) is 97.8 cm³/mol. The first-order valence-corrected chi connectivity index (χ1v) is 10.5. The van der Waals surface area contributed by atoms with E-state index in [0.717, 1.165) is 0 Å². The highest BCUT2D eigenvalue weighted by Crippen LogP contribution is 2.19. The summed E-state index contributed by atoms with van der Waals surface area (Å²) in [5, 5.41) is 7.07. The third-order valence-corrected chi connectivity index (χ3v) is 5.84. The van der Waals surface area contributed by atoms with Gasteiger partial charge in [-0.05, 0) is 18.9 Å². The molecule has 146 valence electrons. The van der Waals surface area contributed by atoms with Gasteiger partial charge in [-0.25, -0.2) is 22.4 Å². The van der Waals surface area contributed by atoms with E-state index >= 15 is 0 Å². The van der Waals surface area contributed by atoms with Crippen LogP contribution >= 0.6 is 0 Å². The van der Waals surface area contributed by atoms with Crippen LogP contribution in [0.4, 0.5) is 0 Å². The second kappa shape index (κ2) is 8.01. The van der Waals surface area contributed by atoms with Gasteiger partial charge in [-0.3, -0.25) is 14.2 Å². The number of carbonyl (C=O) groups excluding carboxylic acids is 1. The lowest BCUT2D eigenvalue weighted by Crippen LogP contribution is -2.43. The molecule has 0 saturated carbocycles. The van der Waals surface area contributed by atoms with Crippen molar-refractivity contribution in [2.45, 2.75) is 19.4 Å². The Hall–Kier alpha value is -2.53. The maximum Gasteiger partial charge on any atom is 0.266 e. The summed E-state index contributed by atoms with van der Waals surface area (Å²) in [5.74, 6) is 0.221. The molecule has 1 amide bonds. The van der Waals surface area contributed by atoms with E-state index in [4.69, 9.17) is 0 Å². The number of hydrogen-bond donors (Lipinski definition) is 1. The third kappa shape index (κ3) is 4.80. The quantitative estimate of drug-likeness (QED) is 0.686. The third-order valence-electron chi connectivity index (χ3n) is 4.54. The second-order valence-electron chi connectivity index (χ2n) is 6.45. The molecule has 0 radical (unpaired) electrons. The summed E-state index contributed by atoms with van der Waals surface area (Å²) in [4.78, 5) is 28.2. The number of imidazole rings is 1. The van der Waals surface area contributed by atoms with Crippen molar-refractivity contribution in [3.63, 3.8) is 0 Å².